The van der Waals surface area contributed by atoms with Gasteiger partial charge in [-0.25, -0.2) is 4.98 Å². The summed E-state index contributed by atoms with van der Waals surface area (Å²) in [6, 6.07) is 2.91. The highest BCUT2D eigenvalue weighted by molar-refractivity contribution is 7.09. The van der Waals surface area contributed by atoms with Crippen LogP contribution in [0.2, 0.25) is 0 Å². The first-order valence-corrected chi connectivity index (χ1v) is 8.75. The molecular weight excluding hydrogens is 280 g/mol. The van der Waals surface area contributed by atoms with Gasteiger partial charge < -0.3 is 5.32 Å². The standard InChI is InChI=1S/C16H26N4S/c1-5-14(6-2)20-9-8-13(19-20)10-15(17-7-3)16-11-21-12(4)18-16/h8-9,11,14-15,17H,5-7,10H2,1-4H3. The van der Waals surface area contributed by atoms with E-state index in [-0.39, 0.29) is 6.04 Å². The fourth-order valence-electron chi connectivity index (χ4n) is 2.63. The highest BCUT2D eigenvalue weighted by Crippen LogP contribution is 2.21. The fraction of sp³-hybridized carbons (Fsp3) is 0.625. The van der Waals surface area contributed by atoms with E-state index >= 15 is 0 Å². The Kier molecular flexibility index (Phi) is 5.94. The van der Waals surface area contributed by atoms with Gasteiger partial charge >= 0.3 is 0 Å². The molecule has 2 rings (SSSR count). The molecule has 4 nitrogen and oxygen atoms in total. The second-order valence-corrected chi connectivity index (χ2v) is 6.43. The van der Waals surface area contributed by atoms with Crippen molar-refractivity contribution in [3.05, 3.63) is 34.0 Å². The topological polar surface area (TPSA) is 42.7 Å². The Morgan fingerprint density at radius 3 is 2.62 bits per heavy atom. The van der Waals surface area contributed by atoms with Crippen LogP contribution in [0.15, 0.2) is 17.6 Å². The Morgan fingerprint density at radius 1 is 1.29 bits per heavy atom. The first-order chi connectivity index (χ1) is 10.2. The van der Waals surface area contributed by atoms with Crippen LogP contribution in [-0.4, -0.2) is 21.3 Å². The third kappa shape index (κ3) is 4.14. The molecule has 0 aliphatic rings. The SMILES string of the molecule is CCNC(Cc1ccn(C(CC)CC)n1)c1csc(C)n1. The van der Waals surface area contributed by atoms with Crippen LogP contribution >= 0.6 is 11.3 Å². The van der Waals surface area contributed by atoms with E-state index in [9.17, 15) is 0 Å². The molecule has 0 spiro atoms. The van der Waals surface area contributed by atoms with Gasteiger partial charge in [0.25, 0.3) is 0 Å². The molecule has 2 heterocycles. The summed E-state index contributed by atoms with van der Waals surface area (Å²) in [5, 5.41) is 11.6. The third-order valence-corrected chi connectivity index (χ3v) is 4.63. The van der Waals surface area contributed by atoms with E-state index in [1.165, 1.54) is 0 Å². The monoisotopic (exact) mass is 306 g/mol. The molecule has 0 aliphatic carbocycles. The number of thiazole rings is 1. The Hall–Kier alpha value is -1.20. The van der Waals surface area contributed by atoms with Crippen molar-refractivity contribution < 1.29 is 0 Å². The maximum atomic E-state index is 4.76. The molecule has 0 aromatic carbocycles. The minimum absolute atomic E-state index is 0.255. The maximum Gasteiger partial charge on any atom is 0.0898 e. The summed E-state index contributed by atoms with van der Waals surface area (Å²) >= 11 is 1.71. The zero-order chi connectivity index (χ0) is 15.2. The van der Waals surface area contributed by atoms with Crippen LogP contribution < -0.4 is 5.32 Å². The summed E-state index contributed by atoms with van der Waals surface area (Å²) in [5.41, 5.74) is 2.27. The number of aryl methyl sites for hydroxylation is 1. The van der Waals surface area contributed by atoms with Crippen LogP contribution in [0.5, 0.6) is 0 Å². The smallest absolute Gasteiger partial charge is 0.0898 e. The van der Waals surface area contributed by atoms with Crippen LogP contribution in [0.4, 0.5) is 0 Å². The lowest BCUT2D eigenvalue weighted by Gasteiger charge is -2.15. The van der Waals surface area contributed by atoms with Gasteiger partial charge in [0, 0.05) is 18.0 Å². The fourth-order valence-corrected chi connectivity index (χ4v) is 3.30. The predicted octanol–water partition coefficient (Wildman–Crippen LogP) is 3.90. The van der Waals surface area contributed by atoms with E-state index in [0.717, 1.165) is 42.2 Å². The average molecular weight is 306 g/mol. The van der Waals surface area contributed by atoms with Crippen LogP contribution in [0.25, 0.3) is 0 Å². The van der Waals surface area contributed by atoms with E-state index in [4.69, 9.17) is 5.10 Å². The molecular formula is C16H26N4S. The van der Waals surface area contributed by atoms with Crippen LogP contribution in [0.3, 0.4) is 0 Å². The van der Waals surface area contributed by atoms with Crippen molar-refractivity contribution in [2.24, 2.45) is 0 Å². The largest absolute Gasteiger partial charge is 0.309 e. The van der Waals surface area contributed by atoms with Gasteiger partial charge in [-0.1, -0.05) is 20.8 Å². The van der Waals surface area contributed by atoms with Gasteiger partial charge in [0.1, 0.15) is 0 Å². The molecule has 2 aromatic heterocycles. The molecule has 2 aromatic rings. The number of likely N-dealkylation sites (N-methyl/N-ethyl adjacent to an activating group) is 1. The van der Waals surface area contributed by atoms with E-state index in [1.54, 1.807) is 11.3 Å². The van der Waals surface area contributed by atoms with Gasteiger partial charge in [-0.15, -0.1) is 11.3 Å². The summed E-state index contributed by atoms with van der Waals surface area (Å²) in [6.07, 6.45) is 5.26. The molecule has 0 radical (unpaired) electrons. The summed E-state index contributed by atoms with van der Waals surface area (Å²) in [4.78, 5) is 4.62. The van der Waals surface area contributed by atoms with E-state index in [2.05, 4.69) is 60.3 Å². The minimum atomic E-state index is 0.255. The van der Waals surface area contributed by atoms with Gasteiger partial charge in [-0.05, 0) is 32.4 Å². The number of hydrogen-bond donors (Lipinski definition) is 1. The summed E-state index contributed by atoms with van der Waals surface area (Å²) < 4.78 is 2.12. The zero-order valence-electron chi connectivity index (χ0n) is 13.5. The predicted molar refractivity (Wildman–Crippen MR) is 88.8 cm³/mol. The molecule has 1 unspecified atom stereocenters. The van der Waals surface area contributed by atoms with Crippen molar-refractivity contribution in [2.45, 2.75) is 59.0 Å². The van der Waals surface area contributed by atoms with Gasteiger partial charge in [0.2, 0.25) is 0 Å². The molecule has 0 fully saturated rings. The zero-order valence-corrected chi connectivity index (χ0v) is 14.3. The van der Waals surface area contributed by atoms with Crippen LogP contribution in [0.1, 0.15) is 62.1 Å². The second kappa shape index (κ2) is 7.71. The summed E-state index contributed by atoms with van der Waals surface area (Å²) in [6.45, 7) is 9.56. The average Bonchev–Trinajstić information content (AvgIpc) is 3.09. The van der Waals surface area contributed by atoms with Gasteiger partial charge in [-0.2, -0.15) is 5.10 Å². The van der Waals surface area contributed by atoms with Crippen LogP contribution in [0, 0.1) is 6.92 Å². The van der Waals surface area contributed by atoms with Crippen molar-refractivity contribution >= 4 is 11.3 Å². The molecule has 0 aliphatic heterocycles. The number of nitrogens with zero attached hydrogens (tertiary/aromatic N) is 3. The van der Waals surface area contributed by atoms with Crippen molar-refractivity contribution in [2.75, 3.05) is 6.54 Å². The lowest BCUT2D eigenvalue weighted by atomic mass is 10.1. The molecule has 116 valence electrons. The summed E-state index contributed by atoms with van der Waals surface area (Å²) in [7, 11) is 0. The molecule has 0 bridgehead atoms. The third-order valence-electron chi connectivity index (χ3n) is 3.84. The van der Waals surface area contributed by atoms with Crippen molar-refractivity contribution in [3.63, 3.8) is 0 Å². The maximum absolute atomic E-state index is 4.76. The van der Waals surface area contributed by atoms with Gasteiger partial charge in [0.15, 0.2) is 0 Å². The molecule has 0 amide bonds. The molecule has 21 heavy (non-hydrogen) atoms. The van der Waals surface area contributed by atoms with E-state index in [0.29, 0.717) is 6.04 Å². The number of aromatic nitrogens is 3. The Balaban J connectivity index is 2.10. The Morgan fingerprint density at radius 2 is 2.05 bits per heavy atom. The quantitative estimate of drug-likeness (QED) is 0.804. The number of nitrogens with one attached hydrogen (secondary N) is 1. The molecule has 0 saturated carbocycles. The highest BCUT2D eigenvalue weighted by atomic mass is 32.1. The van der Waals surface area contributed by atoms with Crippen molar-refractivity contribution in [3.8, 4) is 0 Å². The van der Waals surface area contributed by atoms with Crippen molar-refractivity contribution in [1.82, 2.24) is 20.1 Å². The first-order valence-electron chi connectivity index (χ1n) is 7.87. The summed E-state index contributed by atoms with van der Waals surface area (Å²) in [5.74, 6) is 0. The molecule has 0 saturated heterocycles. The van der Waals surface area contributed by atoms with Gasteiger partial charge in [-0.3, -0.25) is 4.68 Å². The second-order valence-electron chi connectivity index (χ2n) is 5.36. The minimum Gasteiger partial charge on any atom is -0.309 e. The lowest BCUT2D eigenvalue weighted by molar-refractivity contribution is 0.422. The Labute approximate surface area is 131 Å². The van der Waals surface area contributed by atoms with Gasteiger partial charge in [0.05, 0.1) is 28.5 Å². The molecule has 5 heteroatoms. The normalized spacial score (nSPS) is 13.0. The van der Waals surface area contributed by atoms with Crippen molar-refractivity contribution in [1.29, 1.82) is 0 Å². The Bertz CT molecular complexity index is 542. The van der Waals surface area contributed by atoms with E-state index < -0.39 is 0 Å². The molecule has 1 N–H and O–H groups in total. The number of rotatable bonds is 8. The highest BCUT2D eigenvalue weighted by Gasteiger charge is 2.16. The first kappa shape index (κ1) is 16.2. The number of hydrogen-bond acceptors (Lipinski definition) is 4. The van der Waals surface area contributed by atoms with Crippen LogP contribution in [-0.2, 0) is 6.42 Å². The molecule has 1 atom stereocenters. The van der Waals surface area contributed by atoms with E-state index in [1.807, 2.05) is 0 Å². The lowest BCUT2D eigenvalue weighted by Crippen LogP contribution is -2.23.